The van der Waals surface area contributed by atoms with Gasteiger partial charge in [-0.3, -0.25) is 0 Å². The Labute approximate surface area is 101 Å². The fraction of sp³-hybridized carbons (Fsp3) is 0.357. The largest absolute Gasteiger partial charge is 0.489 e. The molecule has 0 bridgehead atoms. The second kappa shape index (κ2) is 5.04. The highest BCUT2D eigenvalue weighted by Crippen LogP contribution is 2.26. The quantitative estimate of drug-likeness (QED) is 0.811. The highest BCUT2D eigenvalue weighted by molar-refractivity contribution is 5.80. The standard InChI is InChI=1S/C14H16O3/c1-10(7-14(15)16)9-17-13-6-5-11-3-2-4-12(11)8-13/h5-8H,2-4,9H2,1H3,(H,15,16)/b10-7+. The summed E-state index contributed by atoms with van der Waals surface area (Å²) in [5.41, 5.74) is 3.48. The summed E-state index contributed by atoms with van der Waals surface area (Å²) >= 11 is 0. The number of carbonyl (C=O) groups is 1. The number of hydrogen-bond donors (Lipinski definition) is 1. The van der Waals surface area contributed by atoms with Crippen LogP contribution in [0, 0.1) is 0 Å². The van der Waals surface area contributed by atoms with Crippen LogP contribution >= 0.6 is 0 Å². The fourth-order valence-electron chi connectivity index (χ4n) is 2.09. The molecule has 0 heterocycles. The lowest BCUT2D eigenvalue weighted by Gasteiger charge is -2.08. The Hall–Kier alpha value is -1.77. The molecule has 1 aromatic carbocycles. The molecular weight excluding hydrogens is 216 g/mol. The van der Waals surface area contributed by atoms with E-state index in [1.807, 2.05) is 6.07 Å². The van der Waals surface area contributed by atoms with Gasteiger partial charge in [0.2, 0.25) is 0 Å². The van der Waals surface area contributed by atoms with E-state index in [1.165, 1.54) is 23.6 Å². The van der Waals surface area contributed by atoms with Gasteiger partial charge in [0.05, 0.1) is 0 Å². The van der Waals surface area contributed by atoms with Gasteiger partial charge in [-0.1, -0.05) is 6.07 Å². The Kier molecular flexibility index (Phi) is 3.47. The lowest BCUT2D eigenvalue weighted by Crippen LogP contribution is -2.01. The van der Waals surface area contributed by atoms with Gasteiger partial charge in [0.1, 0.15) is 12.4 Å². The number of fused-ring (bicyclic) bond motifs is 1. The maximum Gasteiger partial charge on any atom is 0.328 e. The smallest absolute Gasteiger partial charge is 0.328 e. The molecule has 0 amide bonds. The summed E-state index contributed by atoms with van der Waals surface area (Å²) in [6.07, 6.45) is 4.67. The van der Waals surface area contributed by atoms with Gasteiger partial charge >= 0.3 is 5.97 Å². The maximum absolute atomic E-state index is 10.4. The summed E-state index contributed by atoms with van der Waals surface area (Å²) in [6.45, 7) is 2.08. The number of carboxylic acids is 1. The highest BCUT2D eigenvalue weighted by atomic mass is 16.5. The summed E-state index contributed by atoms with van der Waals surface area (Å²) in [4.78, 5) is 10.4. The number of aryl methyl sites for hydroxylation is 2. The topological polar surface area (TPSA) is 46.5 Å². The molecule has 0 saturated carbocycles. The van der Waals surface area contributed by atoms with Crippen molar-refractivity contribution in [3.05, 3.63) is 41.0 Å². The first kappa shape index (κ1) is 11.7. The van der Waals surface area contributed by atoms with E-state index in [4.69, 9.17) is 9.84 Å². The minimum atomic E-state index is -0.931. The molecular formula is C14H16O3. The van der Waals surface area contributed by atoms with E-state index in [0.29, 0.717) is 12.2 Å². The monoisotopic (exact) mass is 232 g/mol. The van der Waals surface area contributed by atoms with E-state index >= 15 is 0 Å². The van der Waals surface area contributed by atoms with Crippen molar-refractivity contribution >= 4 is 5.97 Å². The van der Waals surface area contributed by atoms with E-state index in [0.717, 1.165) is 18.6 Å². The maximum atomic E-state index is 10.4. The minimum Gasteiger partial charge on any atom is -0.489 e. The van der Waals surface area contributed by atoms with Crippen LogP contribution in [0.2, 0.25) is 0 Å². The first-order valence-electron chi connectivity index (χ1n) is 5.80. The number of carboxylic acid groups (broad SMARTS) is 1. The van der Waals surface area contributed by atoms with Crippen molar-refractivity contribution in [2.75, 3.05) is 6.61 Å². The molecule has 3 heteroatoms. The molecule has 0 fully saturated rings. The van der Waals surface area contributed by atoms with E-state index in [9.17, 15) is 4.79 Å². The predicted octanol–water partition coefficient (Wildman–Crippen LogP) is 2.59. The van der Waals surface area contributed by atoms with Crippen LogP contribution in [0.5, 0.6) is 5.75 Å². The molecule has 1 aromatic rings. The molecule has 0 unspecified atom stereocenters. The van der Waals surface area contributed by atoms with Crippen LogP contribution in [0.25, 0.3) is 0 Å². The Bertz CT molecular complexity index is 461. The molecule has 1 aliphatic rings. The summed E-state index contributed by atoms with van der Waals surface area (Å²) < 4.78 is 5.56. The van der Waals surface area contributed by atoms with E-state index in [2.05, 4.69) is 12.1 Å². The first-order chi connectivity index (χ1) is 8.15. The summed E-state index contributed by atoms with van der Waals surface area (Å²) in [5.74, 6) is -0.108. The number of aliphatic carboxylic acids is 1. The van der Waals surface area contributed by atoms with Crippen LogP contribution < -0.4 is 4.74 Å². The Morgan fingerprint density at radius 3 is 2.94 bits per heavy atom. The lowest BCUT2D eigenvalue weighted by atomic mass is 10.1. The number of rotatable bonds is 4. The second-order valence-corrected chi connectivity index (χ2v) is 4.40. The van der Waals surface area contributed by atoms with Crippen LogP contribution in [-0.2, 0) is 17.6 Å². The summed E-state index contributed by atoms with van der Waals surface area (Å²) in [5, 5.41) is 8.58. The highest BCUT2D eigenvalue weighted by Gasteiger charge is 2.11. The molecule has 0 aromatic heterocycles. The Morgan fingerprint density at radius 1 is 1.41 bits per heavy atom. The van der Waals surface area contributed by atoms with Crippen molar-refractivity contribution in [1.82, 2.24) is 0 Å². The van der Waals surface area contributed by atoms with Gasteiger partial charge in [0.15, 0.2) is 0 Å². The second-order valence-electron chi connectivity index (χ2n) is 4.40. The molecule has 17 heavy (non-hydrogen) atoms. The van der Waals surface area contributed by atoms with E-state index in [-0.39, 0.29) is 0 Å². The van der Waals surface area contributed by atoms with Crippen molar-refractivity contribution < 1.29 is 14.6 Å². The average molecular weight is 232 g/mol. The fourth-order valence-corrected chi connectivity index (χ4v) is 2.09. The van der Waals surface area contributed by atoms with Gasteiger partial charge in [-0.25, -0.2) is 4.79 Å². The van der Waals surface area contributed by atoms with Crippen LogP contribution in [0.4, 0.5) is 0 Å². The van der Waals surface area contributed by atoms with Crippen molar-refractivity contribution in [1.29, 1.82) is 0 Å². The molecule has 90 valence electrons. The zero-order valence-electron chi connectivity index (χ0n) is 9.90. The third kappa shape index (κ3) is 3.09. The molecule has 0 aliphatic heterocycles. The molecule has 3 nitrogen and oxygen atoms in total. The van der Waals surface area contributed by atoms with Crippen molar-refractivity contribution in [2.24, 2.45) is 0 Å². The van der Waals surface area contributed by atoms with Gasteiger partial charge in [0, 0.05) is 6.08 Å². The van der Waals surface area contributed by atoms with Crippen LogP contribution in [0.1, 0.15) is 24.5 Å². The lowest BCUT2D eigenvalue weighted by molar-refractivity contribution is -0.131. The third-order valence-corrected chi connectivity index (χ3v) is 2.91. The van der Waals surface area contributed by atoms with Crippen LogP contribution in [-0.4, -0.2) is 17.7 Å². The van der Waals surface area contributed by atoms with Crippen molar-refractivity contribution in [3.63, 3.8) is 0 Å². The number of hydrogen-bond acceptors (Lipinski definition) is 2. The minimum absolute atomic E-state index is 0.324. The number of benzene rings is 1. The molecule has 1 N–H and O–H groups in total. The molecule has 1 aliphatic carbocycles. The SMILES string of the molecule is C/C(=C\C(=O)O)COc1ccc2c(c1)CCC2. The molecule has 0 saturated heterocycles. The van der Waals surface area contributed by atoms with Crippen molar-refractivity contribution in [2.45, 2.75) is 26.2 Å². The van der Waals surface area contributed by atoms with E-state index < -0.39 is 5.97 Å². The number of ether oxygens (including phenoxy) is 1. The summed E-state index contributed by atoms with van der Waals surface area (Å²) in [6, 6.07) is 6.13. The Balaban J connectivity index is 1.98. The van der Waals surface area contributed by atoms with Crippen LogP contribution in [0.3, 0.4) is 0 Å². The normalized spacial score (nSPS) is 14.5. The van der Waals surface area contributed by atoms with Gasteiger partial charge < -0.3 is 9.84 Å². The van der Waals surface area contributed by atoms with E-state index in [1.54, 1.807) is 6.92 Å². The molecule has 0 radical (unpaired) electrons. The van der Waals surface area contributed by atoms with Gasteiger partial charge in [-0.2, -0.15) is 0 Å². The first-order valence-corrected chi connectivity index (χ1v) is 5.80. The Morgan fingerprint density at radius 2 is 2.18 bits per heavy atom. The van der Waals surface area contributed by atoms with Crippen molar-refractivity contribution in [3.8, 4) is 5.75 Å². The zero-order valence-corrected chi connectivity index (χ0v) is 9.90. The average Bonchev–Trinajstić information content (AvgIpc) is 2.72. The van der Waals surface area contributed by atoms with Gasteiger partial charge in [-0.15, -0.1) is 0 Å². The predicted molar refractivity (Wildman–Crippen MR) is 65.4 cm³/mol. The van der Waals surface area contributed by atoms with Gasteiger partial charge in [-0.05, 0) is 55.0 Å². The molecule has 0 spiro atoms. The van der Waals surface area contributed by atoms with Gasteiger partial charge in [0.25, 0.3) is 0 Å². The third-order valence-electron chi connectivity index (χ3n) is 2.91. The zero-order chi connectivity index (χ0) is 12.3. The summed E-state index contributed by atoms with van der Waals surface area (Å²) in [7, 11) is 0. The molecule has 2 rings (SSSR count). The molecule has 0 atom stereocenters. The van der Waals surface area contributed by atoms with Crippen LogP contribution in [0.15, 0.2) is 29.8 Å².